The Balaban J connectivity index is 1.69. The number of fused-ring (bicyclic) bond motifs is 3. The Labute approximate surface area is 182 Å². The number of hydrogen-bond acceptors (Lipinski definition) is 5. The molecule has 2 aromatic carbocycles. The number of nitrogens with one attached hydrogen (secondary N) is 2. The summed E-state index contributed by atoms with van der Waals surface area (Å²) >= 11 is 0. The van der Waals surface area contributed by atoms with Crippen LogP contribution >= 0.6 is 0 Å². The van der Waals surface area contributed by atoms with Gasteiger partial charge in [-0.05, 0) is 43.0 Å². The van der Waals surface area contributed by atoms with E-state index in [1.165, 1.54) is 7.05 Å². The molecule has 164 valence electrons. The molecular formula is C24H28N2O5. The van der Waals surface area contributed by atoms with Gasteiger partial charge in [-0.3, -0.25) is 4.79 Å². The molecule has 0 unspecified atom stereocenters. The summed E-state index contributed by atoms with van der Waals surface area (Å²) in [5.41, 5.74) is 3.67. The van der Waals surface area contributed by atoms with E-state index >= 15 is 0 Å². The van der Waals surface area contributed by atoms with Crippen LogP contribution in [0.4, 0.5) is 4.79 Å². The Morgan fingerprint density at radius 3 is 2.03 bits per heavy atom. The van der Waals surface area contributed by atoms with E-state index in [-0.39, 0.29) is 18.9 Å². The fraction of sp³-hybridized carbons (Fsp3) is 0.375. The minimum absolute atomic E-state index is 0.0999. The highest BCUT2D eigenvalue weighted by Crippen LogP contribution is 2.44. The van der Waals surface area contributed by atoms with Crippen LogP contribution in [0.5, 0.6) is 0 Å². The molecule has 7 nitrogen and oxygen atoms in total. The number of esters is 1. The number of rotatable bonds is 6. The van der Waals surface area contributed by atoms with Gasteiger partial charge in [0.05, 0.1) is 6.42 Å². The van der Waals surface area contributed by atoms with Crippen molar-refractivity contribution in [1.29, 1.82) is 0 Å². The number of benzene rings is 2. The van der Waals surface area contributed by atoms with Crippen LogP contribution in [0.2, 0.25) is 0 Å². The van der Waals surface area contributed by atoms with Gasteiger partial charge in [0.2, 0.25) is 5.91 Å². The number of hydrogen-bond donors (Lipinski definition) is 2. The highest BCUT2D eigenvalue weighted by Gasteiger charge is 2.31. The van der Waals surface area contributed by atoms with Crippen molar-refractivity contribution in [1.82, 2.24) is 10.6 Å². The van der Waals surface area contributed by atoms with E-state index in [2.05, 4.69) is 22.8 Å². The van der Waals surface area contributed by atoms with Gasteiger partial charge in [0.25, 0.3) is 0 Å². The zero-order chi connectivity index (χ0) is 22.6. The lowest BCUT2D eigenvalue weighted by Crippen LogP contribution is -2.46. The molecule has 7 heteroatoms. The normalized spacial score (nSPS) is 13.5. The van der Waals surface area contributed by atoms with Crippen LogP contribution in [0.1, 0.15) is 44.2 Å². The average Bonchev–Trinajstić information content (AvgIpc) is 3.04. The lowest BCUT2D eigenvalue weighted by atomic mass is 9.98. The highest BCUT2D eigenvalue weighted by atomic mass is 16.6. The summed E-state index contributed by atoms with van der Waals surface area (Å²) in [5, 5.41) is 4.93. The molecule has 2 amide bonds. The number of carbonyl (C=O) groups is 3. The molecule has 0 fully saturated rings. The van der Waals surface area contributed by atoms with Gasteiger partial charge >= 0.3 is 12.1 Å². The molecule has 2 aromatic rings. The second kappa shape index (κ2) is 9.20. The van der Waals surface area contributed by atoms with E-state index < -0.39 is 29.6 Å². The average molecular weight is 424 g/mol. The van der Waals surface area contributed by atoms with Crippen LogP contribution in [0, 0.1) is 0 Å². The number of ether oxygens (including phenoxy) is 2. The fourth-order valence-electron chi connectivity index (χ4n) is 3.64. The Bertz CT molecular complexity index is 934. The molecule has 0 bridgehead atoms. The van der Waals surface area contributed by atoms with Crippen molar-refractivity contribution in [2.45, 2.75) is 44.8 Å². The molecule has 0 spiro atoms. The Morgan fingerprint density at radius 2 is 1.52 bits per heavy atom. The minimum atomic E-state index is -1.14. The van der Waals surface area contributed by atoms with Gasteiger partial charge < -0.3 is 20.1 Å². The number of amides is 2. The van der Waals surface area contributed by atoms with Crippen LogP contribution < -0.4 is 10.6 Å². The maximum atomic E-state index is 12.5. The van der Waals surface area contributed by atoms with Crippen molar-refractivity contribution in [2.75, 3.05) is 13.7 Å². The molecule has 1 atom stereocenters. The van der Waals surface area contributed by atoms with E-state index in [1.807, 2.05) is 36.4 Å². The number of carbonyl (C=O) groups excluding carboxylic acids is 3. The van der Waals surface area contributed by atoms with Crippen molar-refractivity contribution in [3.05, 3.63) is 59.7 Å². The Hall–Kier alpha value is -3.35. The first-order valence-corrected chi connectivity index (χ1v) is 10.2. The van der Waals surface area contributed by atoms with Crippen molar-refractivity contribution >= 4 is 18.0 Å². The van der Waals surface area contributed by atoms with Gasteiger partial charge in [-0.1, -0.05) is 48.5 Å². The van der Waals surface area contributed by atoms with Gasteiger partial charge in [0, 0.05) is 13.0 Å². The van der Waals surface area contributed by atoms with Crippen LogP contribution in [-0.2, 0) is 19.1 Å². The molecule has 3 rings (SSSR count). The fourth-order valence-corrected chi connectivity index (χ4v) is 3.64. The third-order valence-electron chi connectivity index (χ3n) is 5.00. The summed E-state index contributed by atoms with van der Waals surface area (Å²) in [7, 11) is 1.46. The zero-order valence-electron chi connectivity index (χ0n) is 18.2. The van der Waals surface area contributed by atoms with Crippen molar-refractivity contribution in [3.63, 3.8) is 0 Å². The van der Waals surface area contributed by atoms with Crippen molar-refractivity contribution in [3.8, 4) is 11.1 Å². The molecule has 0 saturated heterocycles. The van der Waals surface area contributed by atoms with E-state index in [1.54, 1.807) is 20.8 Å². The SMILES string of the molecule is CNC(=O)C[C@H](NC(=O)OCC1c2ccccc2-c2ccccc21)C(=O)OC(C)(C)C. The minimum Gasteiger partial charge on any atom is -0.458 e. The first-order valence-electron chi connectivity index (χ1n) is 10.2. The first-order chi connectivity index (χ1) is 14.7. The molecule has 2 N–H and O–H groups in total. The third kappa shape index (κ3) is 5.42. The number of alkyl carbamates (subject to hydrolysis) is 1. The highest BCUT2D eigenvalue weighted by molar-refractivity contribution is 5.88. The lowest BCUT2D eigenvalue weighted by Gasteiger charge is -2.24. The summed E-state index contributed by atoms with van der Waals surface area (Å²) in [4.78, 5) is 36.8. The molecule has 1 aliphatic carbocycles. The second-order valence-electron chi connectivity index (χ2n) is 8.43. The van der Waals surface area contributed by atoms with Crippen LogP contribution in [0.25, 0.3) is 11.1 Å². The molecule has 31 heavy (non-hydrogen) atoms. The first kappa shape index (κ1) is 22.3. The zero-order valence-corrected chi connectivity index (χ0v) is 18.2. The third-order valence-corrected chi connectivity index (χ3v) is 5.00. The predicted octanol–water partition coefficient (Wildman–Crippen LogP) is 3.37. The quantitative estimate of drug-likeness (QED) is 0.694. The maximum Gasteiger partial charge on any atom is 0.407 e. The van der Waals surface area contributed by atoms with Crippen LogP contribution in [0.3, 0.4) is 0 Å². The van der Waals surface area contributed by atoms with Gasteiger partial charge in [-0.2, -0.15) is 0 Å². The van der Waals surface area contributed by atoms with Gasteiger partial charge in [0.1, 0.15) is 18.2 Å². The molecule has 0 heterocycles. The topological polar surface area (TPSA) is 93.7 Å². The molecule has 1 aliphatic rings. The van der Waals surface area contributed by atoms with Crippen LogP contribution in [-0.4, -0.2) is 43.3 Å². The lowest BCUT2D eigenvalue weighted by molar-refractivity contribution is -0.158. The summed E-state index contributed by atoms with van der Waals surface area (Å²) in [5.74, 6) is -1.18. The Kier molecular flexibility index (Phi) is 6.63. The predicted molar refractivity (Wildman–Crippen MR) is 117 cm³/mol. The van der Waals surface area contributed by atoms with Gasteiger partial charge in [-0.15, -0.1) is 0 Å². The van der Waals surface area contributed by atoms with E-state index in [0.29, 0.717) is 0 Å². The van der Waals surface area contributed by atoms with E-state index in [0.717, 1.165) is 22.3 Å². The standard InChI is InChI=1S/C24H28N2O5/c1-24(2,3)31-22(28)20(13-21(27)25-4)26-23(29)30-14-19-17-11-7-5-9-15(17)16-10-6-8-12-18(16)19/h5-12,19-20H,13-14H2,1-4H3,(H,25,27)(H,26,29)/t20-/m0/s1. The van der Waals surface area contributed by atoms with Crippen molar-refractivity contribution in [2.24, 2.45) is 0 Å². The Morgan fingerprint density at radius 1 is 0.968 bits per heavy atom. The molecular weight excluding hydrogens is 396 g/mol. The van der Waals surface area contributed by atoms with E-state index in [4.69, 9.17) is 9.47 Å². The smallest absolute Gasteiger partial charge is 0.407 e. The summed E-state index contributed by atoms with van der Waals surface area (Å²) < 4.78 is 10.8. The molecule has 0 saturated carbocycles. The van der Waals surface area contributed by atoms with Crippen molar-refractivity contribution < 1.29 is 23.9 Å². The maximum absolute atomic E-state index is 12.5. The molecule has 0 aliphatic heterocycles. The van der Waals surface area contributed by atoms with Gasteiger partial charge in [0.15, 0.2) is 0 Å². The monoisotopic (exact) mass is 424 g/mol. The summed E-state index contributed by atoms with van der Waals surface area (Å²) in [6, 6.07) is 14.9. The molecule has 0 radical (unpaired) electrons. The van der Waals surface area contributed by atoms with E-state index in [9.17, 15) is 14.4 Å². The largest absolute Gasteiger partial charge is 0.458 e. The summed E-state index contributed by atoms with van der Waals surface area (Å²) in [6.45, 7) is 5.26. The summed E-state index contributed by atoms with van der Waals surface area (Å²) in [6.07, 6.45) is -1.02. The molecule has 0 aromatic heterocycles. The van der Waals surface area contributed by atoms with Gasteiger partial charge in [-0.25, -0.2) is 9.59 Å². The second-order valence-corrected chi connectivity index (χ2v) is 8.43. The van der Waals surface area contributed by atoms with Crippen LogP contribution in [0.15, 0.2) is 48.5 Å².